The largest absolute Gasteiger partial charge is 0.332 e. The first-order chi connectivity index (χ1) is 8.70. The number of amides is 1. The summed E-state index contributed by atoms with van der Waals surface area (Å²) in [5.41, 5.74) is 1.67. The molecule has 3 nitrogen and oxygen atoms in total. The van der Waals surface area contributed by atoms with Crippen LogP contribution >= 0.6 is 11.3 Å². The van der Waals surface area contributed by atoms with E-state index in [1.54, 1.807) is 12.1 Å². The Hall–Kier alpha value is -2.12. The van der Waals surface area contributed by atoms with E-state index < -0.39 is 6.04 Å². The normalized spacial score (nSPS) is 11.6. The minimum atomic E-state index is -0.584. The fourth-order valence-corrected chi connectivity index (χ4v) is 2.26. The Morgan fingerprint density at radius 3 is 2.61 bits per heavy atom. The number of nitrogens with zero attached hydrogens (tertiary/aromatic N) is 1. The SMILES string of the molecule is Cc1ccc(C(=O)NC(C#N)c2cccs2)cc1. The number of rotatable bonds is 3. The van der Waals surface area contributed by atoms with Crippen LogP contribution in [0.25, 0.3) is 0 Å². The smallest absolute Gasteiger partial charge is 0.252 e. The van der Waals surface area contributed by atoms with Crippen LogP contribution in [0.2, 0.25) is 0 Å². The number of benzene rings is 1. The highest BCUT2D eigenvalue weighted by atomic mass is 32.1. The molecule has 1 heterocycles. The van der Waals surface area contributed by atoms with Crippen molar-refractivity contribution in [2.75, 3.05) is 0 Å². The van der Waals surface area contributed by atoms with Crippen molar-refractivity contribution in [1.29, 1.82) is 5.26 Å². The third-order valence-electron chi connectivity index (χ3n) is 2.55. The average molecular weight is 256 g/mol. The number of hydrogen-bond acceptors (Lipinski definition) is 3. The highest BCUT2D eigenvalue weighted by Crippen LogP contribution is 2.18. The van der Waals surface area contributed by atoms with E-state index in [9.17, 15) is 4.79 Å². The van der Waals surface area contributed by atoms with Crippen LogP contribution in [0.4, 0.5) is 0 Å². The number of nitrogens with one attached hydrogen (secondary N) is 1. The fraction of sp³-hybridized carbons (Fsp3) is 0.143. The molecule has 0 fully saturated rings. The number of aryl methyl sites for hydroxylation is 1. The molecule has 1 atom stereocenters. The van der Waals surface area contributed by atoms with Gasteiger partial charge in [0.1, 0.15) is 0 Å². The van der Waals surface area contributed by atoms with Crippen molar-refractivity contribution in [3.8, 4) is 6.07 Å². The van der Waals surface area contributed by atoms with Crippen molar-refractivity contribution >= 4 is 17.2 Å². The van der Waals surface area contributed by atoms with Crippen LogP contribution in [0.1, 0.15) is 26.8 Å². The first kappa shape index (κ1) is 12.3. The molecule has 1 unspecified atom stereocenters. The van der Waals surface area contributed by atoms with E-state index in [0.717, 1.165) is 10.4 Å². The molecule has 0 spiro atoms. The van der Waals surface area contributed by atoms with Gasteiger partial charge in [-0.05, 0) is 30.5 Å². The third-order valence-corrected chi connectivity index (χ3v) is 3.48. The van der Waals surface area contributed by atoms with E-state index in [-0.39, 0.29) is 5.91 Å². The molecule has 2 rings (SSSR count). The van der Waals surface area contributed by atoms with Gasteiger partial charge in [0.15, 0.2) is 6.04 Å². The Bertz CT molecular complexity index is 567. The molecule has 0 bridgehead atoms. The summed E-state index contributed by atoms with van der Waals surface area (Å²) in [5.74, 6) is -0.227. The standard InChI is InChI=1S/C14H12N2OS/c1-10-4-6-11(7-5-10)14(17)16-12(9-15)13-3-2-8-18-13/h2-8,12H,1H3,(H,16,17). The van der Waals surface area contributed by atoms with Gasteiger partial charge in [-0.25, -0.2) is 0 Å². The summed E-state index contributed by atoms with van der Waals surface area (Å²) in [5, 5.41) is 13.7. The molecule has 1 aromatic heterocycles. The highest BCUT2D eigenvalue weighted by Gasteiger charge is 2.15. The Morgan fingerprint density at radius 1 is 1.33 bits per heavy atom. The van der Waals surface area contributed by atoms with Gasteiger partial charge < -0.3 is 5.32 Å². The molecule has 90 valence electrons. The van der Waals surface area contributed by atoms with Crippen LogP contribution in [0.5, 0.6) is 0 Å². The van der Waals surface area contributed by atoms with Gasteiger partial charge >= 0.3 is 0 Å². The first-order valence-corrected chi connectivity index (χ1v) is 6.39. The van der Waals surface area contributed by atoms with Crippen LogP contribution in [0, 0.1) is 18.3 Å². The molecule has 0 saturated carbocycles. The molecule has 4 heteroatoms. The minimum absolute atomic E-state index is 0.227. The summed E-state index contributed by atoms with van der Waals surface area (Å²) in [7, 11) is 0. The Labute approximate surface area is 110 Å². The maximum atomic E-state index is 12.0. The van der Waals surface area contributed by atoms with Gasteiger partial charge in [0.2, 0.25) is 0 Å². The van der Waals surface area contributed by atoms with Crippen molar-refractivity contribution < 1.29 is 4.79 Å². The molecule has 18 heavy (non-hydrogen) atoms. The van der Waals surface area contributed by atoms with Gasteiger partial charge in [-0.3, -0.25) is 4.79 Å². The van der Waals surface area contributed by atoms with Crippen molar-refractivity contribution in [3.05, 3.63) is 57.8 Å². The average Bonchev–Trinajstić information content (AvgIpc) is 2.90. The first-order valence-electron chi connectivity index (χ1n) is 5.51. The summed E-state index contributed by atoms with van der Waals surface area (Å²) in [6.45, 7) is 1.96. The predicted molar refractivity (Wildman–Crippen MR) is 71.3 cm³/mol. The number of thiophene rings is 1. The Balaban J connectivity index is 2.11. The third kappa shape index (κ3) is 2.76. The number of nitriles is 1. The highest BCUT2D eigenvalue weighted by molar-refractivity contribution is 7.10. The van der Waals surface area contributed by atoms with E-state index in [1.165, 1.54) is 11.3 Å². The monoisotopic (exact) mass is 256 g/mol. The summed E-state index contributed by atoms with van der Waals surface area (Å²) in [4.78, 5) is 12.8. The lowest BCUT2D eigenvalue weighted by molar-refractivity contribution is 0.0945. The minimum Gasteiger partial charge on any atom is -0.332 e. The molecule has 1 amide bonds. The van der Waals surface area contributed by atoms with E-state index in [4.69, 9.17) is 5.26 Å². The molecule has 2 aromatic rings. The topological polar surface area (TPSA) is 52.9 Å². The van der Waals surface area contributed by atoms with Crippen molar-refractivity contribution in [3.63, 3.8) is 0 Å². The maximum Gasteiger partial charge on any atom is 0.252 e. The number of hydrogen-bond donors (Lipinski definition) is 1. The molecule has 0 aliphatic heterocycles. The molecule has 0 saturated heterocycles. The zero-order valence-corrected chi connectivity index (χ0v) is 10.7. The number of carbonyl (C=O) groups excluding carboxylic acids is 1. The van der Waals surface area contributed by atoms with Crippen LogP contribution in [0.15, 0.2) is 41.8 Å². The molecular formula is C14H12N2OS. The zero-order valence-electron chi connectivity index (χ0n) is 9.88. The molecular weight excluding hydrogens is 244 g/mol. The lowest BCUT2D eigenvalue weighted by Gasteiger charge is -2.09. The van der Waals surface area contributed by atoms with Crippen molar-refractivity contribution in [1.82, 2.24) is 5.32 Å². The van der Waals surface area contributed by atoms with E-state index >= 15 is 0 Å². The Kier molecular flexibility index (Phi) is 3.75. The van der Waals surface area contributed by atoms with Crippen LogP contribution < -0.4 is 5.32 Å². The van der Waals surface area contributed by atoms with E-state index in [0.29, 0.717) is 5.56 Å². The molecule has 0 aliphatic rings. The lowest BCUT2D eigenvalue weighted by Crippen LogP contribution is -2.27. The predicted octanol–water partition coefficient (Wildman–Crippen LogP) is 3.05. The lowest BCUT2D eigenvalue weighted by atomic mass is 10.1. The molecule has 1 N–H and O–H groups in total. The molecule has 1 aromatic carbocycles. The maximum absolute atomic E-state index is 12.0. The van der Waals surface area contributed by atoms with Gasteiger partial charge in [-0.15, -0.1) is 11.3 Å². The van der Waals surface area contributed by atoms with Gasteiger partial charge in [-0.2, -0.15) is 5.26 Å². The van der Waals surface area contributed by atoms with Crippen molar-refractivity contribution in [2.24, 2.45) is 0 Å². The second kappa shape index (κ2) is 5.48. The van der Waals surface area contributed by atoms with Gasteiger partial charge in [0.25, 0.3) is 5.91 Å². The second-order valence-electron chi connectivity index (χ2n) is 3.92. The molecule has 0 radical (unpaired) electrons. The summed E-state index contributed by atoms with van der Waals surface area (Å²) in [6, 6.07) is 12.5. The molecule has 0 aliphatic carbocycles. The summed E-state index contributed by atoms with van der Waals surface area (Å²) < 4.78 is 0. The van der Waals surface area contributed by atoms with Crippen LogP contribution in [0.3, 0.4) is 0 Å². The Morgan fingerprint density at radius 2 is 2.06 bits per heavy atom. The summed E-state index contributed by atoms with van der Waals surface area (Å²) >= 11 is 1.46. The second-order valence-corrected chi connectivity index (χ2v) is 4.90. The van der Waals surface area contributed by atoms with Crippen LogP contribution in [-0.4, -0.2) is 5.91 Å². The number of carbonyl (C=O) groups is 1. The van der Waals surface area contributed by atoms with Crippen LogP contribution in [-0.2, 0) is 0 Å². The zero-order chi connectivity index (χ0) is 13.0. The van der Waals surface area contributed by atoms with Gasteiger partial charge in [-0.1, -0.05) is 23.8 Å². The van der Waals surface area contributed by atoms with Gasteiger partial charge in [0, 0.05) is 10.4 Å². The van der Waals surface area contributed by atoms with E-state index in [1.807, 2.05) is 36.6 Å². The summed E-state index contributed by atoms with van der Waals surface area (Å²) in [6.07, 6.45) is 0. The van der Waals surface area contributed by atoms with Crippen molar-refractivity contribution in [2.45, 2.75) is 13.0 Å². The van der Waals surface area contributed by atoms with Gasteiger partial charge in [0.05, 0.1) is 6.07 Å². The van der Waals surface area contributed by atoms with E-state index in [2.05, 4.69) is 11.4 Å². The fourth-order valence-electron chi connectivity index (χ4n) is 1.54. The quantitative estimate of drug-likeness (QED) is 0.917.